The second-order valence-electron chi connectivity index (χ2n) is 18.6. The van der Waals surface area contributed by atoms with E-state index >= 15 is 0 Å². The molecule has 7 aromatic rings. The summed E-state index contributed by atoms with van der Waals surface area (Å²) < 4.78 is 34.3. The topological polar surface area (TPSA) is 163 Å². The van der Waals surface area contributed by atoms with Crippen LogP contribution in [-0.4, -0.2) is 49.0 Å². The van der Waals surface area contributed by atoms with Gasteiger partial charge in [0.15, 0.2) is 0 Å². The van der Waals surface area contributed by atoms with Crippen LogP contribution in [0.3, 0.4) is 0 Å². The third-order valence-corrected chi connectivity index (χ3v) is 12.6. The molecule has 0 atom stereocenters. The molecule has 0 aliphatic rings. The molecule has 0 fully saturated rings. The molecule has 0 spiro atoms. The van der Waals surface area contributed by atoms with Crippen molar-refractivity contribution in [3.63, 3.8) is 0 Å². The zero-order chi connectivity index (χ0) is 53.9. The molecule has 0 saturated carbocycles. The Morgan fingerprint density at radius 1 is 0.455 bits per heavy atom. The first-order chi connectivity index (χ1) is 37.7. The van der Waals surface area contributed by atoms with Gasteiger partial charge >= 0.3 is 17.9 Å². The standard InChI is InChI=1S/C65H66N2O10/c1-2-3-4-5-6-7-8-9-10-13-41-73-57-34-25-51(26-35-57)63(69)75-59-38-29-53(30-39-59)64(70)76-60-18-16-17-55(44-60)67-47-54-31-40-61(45-62(54)68)77-65(71)52-27-36-58(37-28-52)74-43-15-12-11-14-42-72-56-32-23-50(24-33-56)49-21-19-48(46-66)20-22-49/h16-40,44-45,47,68H,2-15,41-43H2,1H3. The molecule has 77 heavy (non-hydrogen) atoms. The lowest BCUT2D eigenvalue weighted by molar-refractivity contribution is 0.0723. The fourth-order valence-electron chi connectivity index (χ4n) is 8.20. The van der Waals surface area contributed by atoms with Gasteiger partial charge in [-0.2, -0.15) is 5.26 Å². The molecule has 0 aromatic heterocycles. The van der Waals surface area contributed by atoms with Crippen molar-refractivity contribution in [2.75, 3.05) is 19.8 Å². The summed E-state index contributed by atoms with van der Waals surface area (Å²) in [6.07, 6.45) is 17.9. The van der Waals surface area contributed by atoms with Crippen molar-refractivity contribution >= 4 is 29.8 Å². The SMILES string of the molecule is CCCCCCCCCCCCOc1ccc(C(=O)Oc2ccc(C(=O)Oc3cccc(N=Cc4ccc(OC(=O)c5ccc(OCCCCCCOc6ccc(-c7ccc(C#N)cc7)cc6)cc5)cc4O)c3)cc2)cc1. The minimum absolute atomic E-state index is 0.151. The second kappa shape index (κ2) is 30.6. The van der Waals surface area contributed by atoms with Gasteiger partial charge in [-0.15, -0.1) is 0 Å². The van der Waals surface area contributed by atoms with Crippen LogP contribution in [0.2, 0.25) is 0 Å². The van der Waals surface area contributed by atoms with E-state index in [1.54, 1.807) is 84.9 Å². The van der Waals surface area contributed by atoms with Crippen LogP contribution in [0.4, 0.5) is 5.69 Å². The van der Waals surface area contributed by atoms with Crippen molar-refractivity contribution in [1.82, 2.24) is 0 Å². The van der Waals surface area contributed by atoms with Gasteiger partial charge < -0.3 is 33.5 Å². The minimum atomic E-state index is -0.618. The number of hydrogen-bond acceptors (Lipinski definition) is 12. The highest BCUT2D eigenvalue weighted by molar-refractivity contribution is 5.93. The number of hydrogen-bond donors (Lipinski definition) is 1. The lowest BCUT2D eigenvalue weighted by Crippen LogP contribution is -2.10. The van der Waals surface area contributed by atoms with E-state index in [4.69, 9.17) is 33.7 Å². The molecule has 0 aliphatic heterocycles. The van der Waals surface area contributed by atoms with Gasteiger partial charge in [0.2, 0.25) is 0 Å². The van der Waals surface area contributed by atoms with Gasteiger partial charge in [-0.1, -0.05) is 95.0 Å². The highest BCUT2D eigenvalue weighted by Gasteiger charge is 2.14. The van der Waals surface area contributed by atoms with E-state index in [9.17, 15) is 19.5 Å². The van der Waals surface area contributed by atoms with Crippen molar-refractivity contribution in [3.8, 4) is 57.4 Å². The number of esters is 3. The fourth-order valence-corrected chi connectivity index (χ4v) is 8.20. The van der Waals surface area contributed by atoms with E-state index in [1.807, 2.05) is 48.5 Å². The number of carbonyl (C=O) groups is 3. The van der Waals surface area contributed by atoms with Crippen LogP contribution >= 0.6 is 0 Å². The Labute approximate surface area is 451 Å². The molecule has 12 nitrogen and oxygen atoms in total. The number of nitriles is 1. The van der Waals surface area contributed by atoms with Gasteiger partial charge in [0.25, 0.3) is 0 Å². The number of ether oxygens (including phenoxy) is 6. The Balaban J connectivity index is 0.763. The molecule has 0 unspecified atom stereocenters. The van der Waals surface area contributed by atoms with E-state index < -0.39 is 17.9 Å². The first-order valence-corrected chi connectivity index (χ1v) is 26.7. The average Bonchev–Trinajstić information content (AvgIpc) is 3.46. The highest BCUT2D eigenvalue weighted by atomic mass is 16.5. The van der Waals surface area contributed by atoms with Gasteiger partial charge in [0.1, 0.15) is 40.2 Å². The molecule has 0 amide bonds. The summed E-state index contributed by atoms with van der Waals surface area (Å²) in [5.41, 5.74) is 4.52. The summed E-state index contributed by atoms with van der Waals surface area (Å²) in [7, 11) is 0. The van der Waals surface area contributed by atoms with Crippen LogP contribution in [-0.2, 0) is 0 Å². The lowest BCUT2D eigenvalue weighted by Gasteiger charge is -2.09. The van der Waals surface area contributed by atoms with Crippen LogP contribution in [0.15, 0.2) is 169 Å². The Hall–Kier alpha value is -8.69. The number of aliphatic imine (C=N–C) groups is 1. The van der Waals surface area contributed by atoms with E-state index in [2.05, 4.69) is 18.0 Å². The van der Waals surface area contributed by atoms with Gasteiger partial charge in [-0.25, -0.2) is 14.4 Å². The van der Waals surface area contributed by atoms with Gasteiger partial charge in [0.05, 0.1) is 53.8 Å². The zero-order valence-corrected chi connectivity index (χ0v) is 43.7. The maximum atomic E-state index is 13.0. The molecular formula is C65H66N2O10. The van der Waals surface area contributed by atoms with Crippen molar-refractivity contribution in [3.05, 3.63) is 192 Å². The molecular weight excluding hydrogens is 969 g/mol. The van der Waals surface area contributed by atoms with Crippen molar-refractivity contribution < 1.29 is 47.9 Å². The lowest BCUT2D eigenvalue weighted by atomic mass is 10.0. The van der Waals surface area contributed by atoms with Crippen molar-refractivity contribution in [1.29, 1.82) is 5.26 Å². The molecule has 0 heterocycles. The largest absolute Gasteiger partial charge is 0.507 e. The summed E-state index contributed by atoms with van der Waals surface area (Å²) in [6, 6.07) is 48.3. The Morgan fingerprint density at radius 2 is 0.844 bits per heavy atom. The zero-order valence-electron chi connectivity index (χ0n) is 43.7. The summed E-state index contributed by atoms with van der Waals surface area (Å²) in [5, 5.41) is 19.8. The van der Waals surface area contributed by atoms with Crippen molar-refractivity contribution in [2.24, 2.45) is 4.99 Å². The second-order valence-corrected chi connectivity index (χ2v) is 18.6. The number of phenolic OH excluding ortho intramolecular Hbond substituents is 1. The number of phenols is 1. The van der Waals surface area contributed by atoms with E-state index in [0.717, 1.165) is 55.4 Å². The third kappa shape index (κ3) is 18.9. The van der Waals surface area contributed by atoms with Gasteiger partial charge in [-0.3, -0.25) is 4.99 Å². The normalized spacial score (nSPS) is 10.9. The summed E-state index contributed by atoms with van der Waals surface area (Å²) >= 11 is 0. The predicted octanol–water partition coefficient (Wildman–Crippen LogP) is 15.7. The molecule has 0 aliphatic carbocycles. The molecule has 7 rings (SSSR count). The predicted molar refractivity (Wildman–Crippen MR) is 299 cm³/mol. The number of aromatic hydroxyl groups is 1. The first-order valence-electron chi connectivity index (χ1n) is 26.7. The molecule has 1 N–H and O–H groups in total. The summed E-state index contributed by atoms with van der Waals surface area (Å²) in [6.45, 7) is 4.05. The van der Waals surface area contributed by atoms with E-state index in [1.165, 1.54) is 87.9 Å². The molecule has 0 bridgehead atoms. The number of unbranched alkanes of at least 4 members (excludes halogenated alkanes) is 12. The van der Waals surface area contributed by atoms with Gasteiger partial charge in [0, 0.05) is 23.9 Å². The van der Waals surface area contributed by atoms with Crippen LogP contribution in [0.1, 0.15) is 139 Å². The number of nitrogens with zero attached hydrogens (tertiary/aromatic N) is 2. The monoisotopic (exact) mass is 1030 g/mol. The van der Waals surface area contributed by atoms with E-state index in [-0.39, 0.29) is 28.6 Å². The quantitative estimate of drug-likeness (QED) is 0.0197. The van der Waals surface area contributed by atoms with Crippen LogP contribution in [0.25, 0.3) is 11.1 Å². The Kier molecular flexibility index (Phi) is 22.3. The minimum Gasteiger partial charge on any atom is -0.507 e. The first kappa shape index (κ1) is 56.0. The average molecular weight is 1040 g/mol. The molecule has 12 heteroatoms. The Morgan fingerprint density at radius 3 is 1.30 bits per heavy atom. The molecule has 0 saturated heterocycles. The maximum absolute atomic E-state index is 13.0. The van der Waals surface area contributed by atoms with Gasteiger partial charge in [-0.05, 0) is 165 Å². The molecule has 0 radical (unpaired) electrons. The number of benzene rings is 7. The third-order valence-electron chi connectivity index (χ3n) is 12.6. The summed E-state index contributed by atoms with van der Waals surface area (Å²) in [5.74, 6) is 0.940. The number of rotatable bonds is 30. The summed E-state index contributed by atoms with van der Waals surface area (Å²) in [4.78, 5) is 43.2. The number of carbonyl (C=O) groups excluding carboxylic acids is 3. The van der Waals surface area contributed by atoms with Crippen LogP contribution in [0.5, 0.6) is 40.2 Å². The van der Waals surface area contributed by atoms with Crippen LogP contribution in [0, 0.1) is 11.3 Å². The van der Waals surface area contributed by atoms with Crippen LogP contribution < -0.4 is 28.4 Å². The fraction of sp³-hybridized carbons (Fsp3) is 0.277. The smallest absolute Gasteiger partial charge is 0.343 e. The Bertz CT molecular complexity index is 3020. The highest BCUT2D eigenvalue weighted by Crippen LogP contribution is 2.28. The maximum Gasteiger partial charge on any atom is 0.343 e. The molecule has 396 valence electrons. The molecule has 7 aromatic carbocycles. The van der Waals surface area contributed by atoms with E-state index in [0.29, 0.717) is 59.3 Å². The van der Waals surface area contributed by atoms with Crippen molar-refractivity contribution in [2.45, 2.75) is 96.8 Å².